The van der Waals surface area contributed by atoms with Crippen LogP contribution in [0.25, 0.3) is 99.5 Å². The van der Waals surface area contributed by atoms with E-state index in [1.165, 1.54) is 49.5 Å². The molecule has 1 aliphatic rings. The third kappa shape index (κ3) is 4.93. The molecule has 0 saturated heterocycles. The largest absolute Gasteiger partial charge is 0.247 e. The number of nitrogens with zero attached hydrogens (tertiary/aromatic N) is 3. The molecule has 0 aliphatic heterocycles. The summed E-state index contributed by atoms with van der Waals surface area (Å²) in [5.74, 6) is 0. The molecule has 3 heterocycles. The van der Waals surface area contributed by atoms with Crippen molar-refractivity contribution in [2.45, 2.75) is 19.3 Å². The predicted molar refractivity (Wildman–Crippen MR) is 229 cm³/mol. The Bertz CT molecular complexity index is 3160. The lowest BCUT2D eigenvalue weighted by Gasteiger charge is -2.25. The molecule has 1 aliphatic carbocycles. The van der Waals surface area contributed by atoms with Crippen LogP contribution in [0.5, 0.6) is 0 Å². The van der Waals surface area contributed by atoms with Crippen LogP contribution in [0.2, 0.25) is 0 Å². The Kier molecular flexibility index (Phi) is 6.90. The topological polar surface area (TPSA) is 38.7 Å². The van der Waals surface area contributed by atoms with Crippen molar-refractivity contribution in [3.05, 3.63) is 187 Å². The van der Waals surface area contributed by atoms with Crippen LogP contribution in [0.4, 0.5) is 0 Å². The van der Waals surface area contributed by atoms with Crippen molar-refractivity contribution in [3.63, 3.8) is 0 Å². The minimum Gasteiger partial charge on any atom is -0.247 e. The van der Waals surface area contributed by atoms with Crippen LogP contribution in [-0.2, 0) is 5.41 Å². The summed E-state index contributed by atoms with van der Waals surface area (Å²) < 4.78 is 0. The number of aromatic nitrogens is 3. The van der Waals surface area contributed by atoms with Gasteiger partial charge in [0.05, 0.1) is 33.6 Å². The van der Waals surface area contributed by atoms with E-state index >= 15 is 0 Å². The van der Waals surface area contributed by atoms with E-state index in [2.05, 4.69) is 184 Å². The number of hydrogen-bond acceptors (Lipinski definition) is 3. The fraction of sp³-hybridized carbons (Fsp3) is 0.0577. The van der Waals surface area contributed by atoms with Gasteiger partial charge in [0, 0.05) is 43.7 Å². The molecule has 0 spiro atoms. The van der Waals surface area contributed by atoms with Gasteiger partial charge in [0.2, 0.25) is 0 Å². The first-order valence-electron chi connectivity index (χ1n) is 18.9. The maximum Gasteiger partial charge on any atom is 0.0972 e. The molecule has 0 N–H and O–H groups in total. The summed E-state index contributed by atoms with van der Waals surface area (Å²) in [6, 6.07) is 62.9. The van der Waals surface area contributed by atoms with Crippen LogP contribution >= 0.6 is 0 Å². The second kappa shape index (κ2) is 12.0. The minimum atomic E-state index is -0.206. The summed E-state index contributed by atoms with van der Waals surface area (Å²) in [7, 11) is 0. The van der Waals surface area contributed by atoms with E-state index in [-0.39, 0.29) is 5.41 Å². The first-order valence-corrected chi connectivity index (χ1v) is 18.9. The Hall–Kier alpha value is -6.97. The quantitative estimate of drug-likeness (QED) is 0.171. The van der Waals surface area contributed by atoms with Crippen LogP contribution in [-0.4, -0.2) is 15.0 Å². The normalized spacial score (nSPS) is 13.1. The highest BCUT2D eigenvalue weighted by atomic mass is 14.8. The molecule has 0 amide bonds. The van der Waals surface area contributed by atoms with Crippen molar-refractivity contribution in [2.24, 2.45) is 0 Å². The van der Waals surface area contributed by atoms with Crippen molar-refractivity contribution < 1.29 is 0 Å². The Morgan fingerprint density at radius 2 is 0.964 bits per heavy atom. The zero-order valence-corrected chi connectivity index (χ0v) is 30.6. The molecule has 0 atom stereocenters. The summed E-state index contributed by atoms with van der Waals surface area (Å²) in [4.78, 5) is 15.8. The summed E-state index contributed by atoms with van der Waals surface area (Å²) >= 11 is 0. The number of hydrogen-bond donors (Lipinski definition) is 0. The second-order valence-corrected chi connectivity index (χ2v) is 15.2. The third-order valence-corrected chi connectivity index (χ3v) is 11.6. The molecular weight excluding hydrogens is 667 g/mol. The number of pyridine rings is 3. The lowest BCUT2D eigenvalue weighted by atomic mass is 9.78. The molecular formula is C52H35N3. The molecule has 0 unspecified atom stereocenters. The maximum absolute atomic E-state index is 5.47. The fourth-order valence-corrected chi connectivity index (χ4v) is 8.86. The Labute approximate surface area is 319 Å². The van der Waals surface area contributed by atoms with Gasteiger partial charge in [-0.2, -0.15) is 0 Å². The van der Waals surface area contributed by atoms with Crippen LogP contribution in [0.15, 0.2) is 176 Å². The van der Waals surface area contributed by atoms with Crippen molar-refractivity contribution in [3.8, 4) is 56.0 Å². The SMILES string of the molecule is CC1(C)c2ccccc2-c2nc3c(ccc4ccccc43)c(-c3cccc(-c4ccc(-c5ccc6ccc7ccc(-c8ccccc8)nc7c6n5)cc4)c3)c21. The van der Waals surface area contributed by atoms with Gasteiger partial charge in [0.15, 0.2) is 0 Å². The van der Waals surface area contributed by atoms with Crippen molar-refractivity contribution in [1.29, 1.82) is 0 Å². The van der Waals surface area contributed by atoms with Gasteiger partial charge < -0.3 is 0 Å². The molecule has 0 bridgehead atoms. The molecule has 0 fully saturated rings. The zero-order valence-electron chi connectivity index (χ0n) is 30.6. The van der Waals surface area contributed by atoms with Gasteiger partial charge in [-0.15, -0.1) is 0 Å². The Morgan fingerprint density at radius 1 is 0.382 bits per heavy atom. The smallest absolute Gasteiger partial charge is 0.0972 e. The van der Waals surface area contributed by atoms with Crippen LogP contribution in [0.3, 0.4) is 0 Å². The summed E-state index contributed by atoms with van der Waals surface area (Å²) in [6.45, 7) is 4.69. The molecule has 11 rings (SSSR count). The fourth-order valence-electron chi connectivity index (χ4n) is 8.86. The lowest BCUT2D eigenvalue weighted by molar-refractivity contribution is 0.662. The third-order valence-electron chi connectivity index (χ3n) is 11.6. The Balaban J connectivity index is 1.02. The van der Waals surface area contributed by atoms with Gasteiger partial charge in [-0.25, -0.2) is 15.0 Å². The Morgan fingerprint density at radius 3 is 1.73 bits per heavy atom. The number of benzene rings is 7. The van der Waals surface area contributed by atoms with Crippen LogP contribution in [0, 0.1) is 0 Å². The van der Waals surface area contributed by atoms with E-state index in [0.29, 0.717) is 0 Å². The molecule has 0 radical (unpaired) electrons. The minimum absolute atomic E-state index is 0.206. The monoisotopic (exact) mass is 701 g/mol. The van der Waals surface area contributed by atoms with Gasteiger partial charge in [0.1, 0.15) is 0 Å². The molecule has 3 heteroatoms. The standard InChI is InChI=1S/C52H35N3/c1-52(2)43-18-9-8-17-41(43)51-47(52)46(42-28-25-33-11-6-7-16-40(33)50(42)55-51)39-15-10-14-38(31-39)32-19-21-35(22-20-32)45-30-27-37-24-23-36-26-29-44(34-12-4-3-5-13-34)53-48(36)49(37)54-45/h3-31H,1-2H3. The van der Waals surface area contributed by atoms with Crippen LogP contribution < -0.4 is 0 Å². The highest BCUT2D eigenvalue weighted by Crippen LogP contribution is 2.53. The average molecular weight is 702 g/mol. The molecule has 55 heavy (non-hydrogen) atoms. The van der Waals surface area contributed by atoms with Gasteiger partial charge >= 0.3 is 0 Å². The van der Waals surface area contributed by atoms with E-state index in [1.54, 1.807) is 0 Å². The first-order chi connectivity index (χ1) is 27.0. The van der Waals surface area contributed by atoms with Crippen molar-refractivity contribution in [1.82, 2.24) is 15.0 Å². The second-order valence-electron chi connectivity index (χ2n) is 15.2. The summed E-state index contributed by atoms with van der Waals surface area (Å²) in [5.41, 5.74) is 16.5. The van der Waals surface area contributed by atoms with Crippen molar-refractivity contribution >= 4 is 43.5 Å². The highest BCUT2D eigenvalue weighted by Gasteiger charge is 2.39. The molecule has 0 saturated carbocycles. The van der Waals surface area contributed by atoms with E-state index in [4.69, 9.17) is 15.0 Å². The molecule has 10 aromatic rings. The summed E-state index contributed by atoms with van der Waals surface area (Å²) in [5, 5.41) is 5.73. The lowest BCUT2D eigenvalue weighted by Crippen LogP contribution is -2.16. The maximum atomic E-state index is 5.47. The van der Waals surface area contributed by atoms with Gasteiger partial charge in [-0.1, -0.05) is 172 Å². The average Bonchev–Trinajstić information content (AvgIpc) is 3.48. The highest BCUT2D eigenvalue weighted by molar-refractivity contribution is 6.13. The van der Waals surface area contributed by atoms with Crippen molar-refractivity contribution in [2.75, 3.05) is 0 Å². The van der Waals surface area contributed by atoms with Gasteiger partial charge in [0.25, 0.3) is 0 Å². The number of fused-ring (bicyclic) bond motifs is 9. The summed E-state index contributed by atoms with van der Waals surface area (Å²) in [6.07, 6.45) is 0. The van der Waals surface area contributed by atoms with Gasteiger partial charge in [-0.3, -0.25) is 0 Å². The van der Waals surface area contributed by atoms with E-state index in [0.717, 1.165) is 61.1 Å². The predicted octanol–water partition coefficient (Wildman–Crippen LogP) is 13.5. The molecule has 3 nitrogen and oxygen atoms in total. The first kappa shape index (κ1) is 31.5. The van der Waals surface area contributed by atoms with Gasteiger partial charge in [-0.05, 0) is 57.0 Å². The number of rotatable bonds is 4. The molecule has 7 aromatic carbocycles. The molecule has 3 aromatic heterocycles. The van der Waals surface area contributed by atoms with E-state index < -0.39 is 0 Å². The van der Waals surface area contributed by atoms with Crippen LogP contribution in [0.1, 0.15) is 25.0 Å². The zero-order chi connectivity index (χ0) is 36.7. The van der Waals surface area contributed by atoms with E-state index in [1.807, 2.05) is 6.07 Å². The molecule has 258 valence electrons. The van der Waals surface area contributed by atoms with E-state index in [9.17, 15) is 0 Å².